The van der Waals surface area contributed by atoms with Crippen LogP contribution in [0.15, 0.2) is 6.07 Å². The van der Waals surface area contributed by atoms with Gasteiger partial charge in [-0.1, -0.05) is 6.92 Å². The van der Waals surface area contributed by atoms with Gasteiger partial charge in [0.15, 0.2) is 5.82 Å². The van der Waals surface area contributed by atoms with E-state index < -0.39 is 0 Å². The molecule has 1 fully saturated rings. The number of aryl methyl sites for hydroxylation is 1. The molecule has 1 aliphatic rings. The van der Waals surface area contributed by atoms with Gasteiger partial charge in [-0.15, -0.1) is 0 Å². The quantitative estimate of drug-likeness (QED) is 0.855. The van der Waals surface area contributed by atoms with Gasteiger partial charge in [0.05, 0.1) is 6.10 Å². The van der Waals surface area contributed by atoms with Gasteiger partial charge >= 0.3 is 0 Å². The van der Waals surface area contributed by atoms with Crippen LogP contribution in [0.4, 0.5) is 5.82 Å². The van der Waals surface area contributed by atoms with E-state index in [-0.39, 0.29) is 6.10 Å². The summed E-state index contributed by atoms with van der Waals surface area (Å²) in [5.41, 5.74) is 0.971. The molecule has 19 heavy (non-hydrogen) atoms. The fourth-order valence-electron chi connectivity index (χ4n) is 2.07. The van der Waals surface area contributed by atoms with Crippen molar-refractivity contribution in [3.8, 4) is 0 Å². The summed E-state index contributed by atoms with van der Waals surface area (Å²) in [7, 11) is 0. The Morgan fingerprint density at radius 2 is 2.16 bits per heavy atom. The van der Waals surface area contributed by atoms with Crippen LogP contribution < -0.4 is 5.32 Å². The molecule has 0 atom stereocenters. The maximum atomic E-state index is 5.85. The molecule has 0 saturated carbocycles. The van der Waals surface area contributed by atoms with Crippen LogP contribution in [0.25, 0.3) is 0 Å². The molecule has 5 nitrogen and oxygen atoms in total. The molecule has 2 heterocycles. The molecular formula is C14H23N3O2. The Bertz CT molecular complexity index is 392. The average molecular weight is 265 g/mol. The van der Waals surface area contributed by atoms with Gasteiger partial charge in [-0.3, -0.25) is 0 Å². The third-order valence-electron chi connectivity index (χ3n) is 3.07. The van der Waals surface area contributed by atoms with E-state index in [9.17, 15) is 0 Å². The number of nitrogens with zero attached hydrogens (tertiary/aromatic N) is 2. The summed E-state index contributed by atoms with van der Waals surface area (Å²) in [6, 6.07) is 1.97. The molecule has 5 heteroatoms. The normalized spacial score (nSPS) is 16.5. The van der Waals surface area contributed by atoms with E-state index in [2.05, 4.69) is 22.2 Å². The van der Waals surface area contributed by atoms with E-state index in [1.165, 1.54) is 0 Å². The Labute approximate surface area is 114 Å². The molecule has 0 bridgehead atoms. The van der Waals surface area contributed by atoms with Crippen LogP contribution in [-0.4, -0.2) is 35.8 Å². The minimum Gasteiger partial charge on any atom is -0.381 e. The largest absolute Gasteiger partial charge is 0.381 e. The van der Waals surface area contributed by atoms with E-state index in [1.54, 1.807) is 0 Å². The zero-order chi connectivity index (χ0) is 13.5. The van der Waals surface area contributed by atoms with Crippen LogP contribution in [0.5, 0.6) is 0 Å². The number of nitrogens with one attached hydrogen (secondary N) is 1. The fraction of sp³-hybridized carbons (Fsp3) is 0.714. The monoisotopic (exact) mass is 265 g/mol. The second-order valence-corrected chi connectivity index (χ2v) is 4.86. The second kappa shape index (κ2) is 7.40. The van der Waals surface area contributed by atoms with Crippen molar-refractivity contribution < 1.29 is 9.47 Å². The van der Waals surface area contributed by atoms with Gasteiger partial charge in [0.1, 0.15) is 12.4 Å². The molecule has 2 rings (SSSR count). The highest BCUT2D eigenvalue weighted by Gasteiger charge is 2.14. The lowest BCUT2D eigenvalue weighted by atomic mass is 10.2. The lowest BCUT2D eigenvalue weighted by Gasteiger charge is -2.22. The van der Waals surface area contributed by atoms with Crippen LogP contribution in [0.2, 0.25) is 0 Å². The Balaban J connectivity index is 1.89. The van der Waals surface area contributed by atoms with Gasteiger partial charge in [0.25, 0.3) is 0 Å². The van der Waals surface area contributed by atoms with Gasteiger partial charge in [-0.25, -0.2) is 9.97 Å². The molecular weight excluding hydrogens is 242 g/mol. The highest BCUT2D eigenvalue weighted by molar-refractivity contribution is 5.35. The van der Waals surface area contributed by atoms with Crippen molar-refractivity contribution in [2.75, 3.05) is 25.1 Å². The summed E-state index contributed by atoms with van der Waals surface area (Å²) in [4.78, 5) is 8.90. The van der Waals surface area contributed by atoms with Crippen LogP contribution >= 0.6 is 0 Å². The molecule has 0 amide bonds. The fourth-order valence-corrected chi connectivity index (χ4v) is 2.07. The van der Waals surface area contributed by atoms with Crippen molar-refractivity contribution in [3.63, 3.8) is 0 Å². The van der Waals surface area contributed by atoms with E-state index in [0.29, 0.717) is 6.61 Å². The molecule has 1 aromatic heterocycles. The molecule has 0 unspecified atom stereocenters. The van der Waals surface area contributed by atoms with Crippen molar-refractivity contribution >= 4 is 5.82 Å². The van der Waals surface area contributed by atoms with E-state index in [4.69, 9.17) is 9.47 Å². The minimum absolute atomic E-state index is 0.282. The van der Waals surface area contributed by atoms with Gasteiger partial charge in [0, 0.05) is 31.5 Å². The maximum Gasteiger partial charge on any atom is 0.156 e. The van der Waals surface area contributed by atoms with Crippen LogP contribution in [0.3, 0.4) is 0 Å². The number of aromatic nitrogens is 2. The summed E-state index contributed by atoms with van der Waals surface area (Å²) in [6.45, 7) is 7.11. The first-order valence-corrected chi connectivity index (χ1v) is 7.05. The Kier molecular flexibility index (Phi) is 5.54. The van der Waals surface area contributed by atoms with Gasteiger partial charge in [0.2, 0.25) is 0 Å². The van der Waals surface area contributed by atoms with Crippen molar-refractivity contribution in [2.45, 2.75) is 45.8 Å². The summed E-state index contributed by atoms with van der Waals surface area (Å²) in [6.07, 6.45) is 3.29. The summed E-state index contributed by atoms with van der Waals surface area (Å²) in [5, 5.41) is 3.29. The summed E-state index contributed by atoms with van der Waals surface area (Å²) in [5.74, 6) is 1.64. The van der Waals surface area contributed by atoms with Crippen LogP contribution in [0.1, 0.15) is 37.7 Å². The molecule has 1 saturated heterocycles. The Hall–Kier alpha value is -1.20. The molecule has 1 aliphatic heterocycles. The van der Waals surface area contributed by atoms with Crippen molar-refractivity contribution in [3.05, 3.63) is 17.6 Å². The Morgan fingerprint density at radius 1 is 1.37 bits per heavy atom. The molecule has 0 radical (unpaired) electrons. The highest BCUT2D eigenvalue weighted by atomic mass is 16.5. The molecule has 1 aromatic rings. The SMILES string of the molecule is CCCNc1cc(C)nc(COC2CCOCC2)n1. The van der Waals surface area contributed by atoms with E-state index >= 15 is 0 Å². The predicted octanol–water partition coefficient (Wildman–Crippen LogP) is 2.30. The Morgan fingerprint density at radius 3 is 2.89 bits per heavy atom. The summed E-state index contributed by atoms with van der Waals surface area (Å²) >= 11 is 0. The van der Waals surface area contributed by atoms with Gasteiger partial charge in [-0.2, -0.15) is 0 Å². The number of ether oxygens (including phenoxy) is 2. The van der Waals surface area contributed by atoms with Crippen molar-refractivity contribution in [1.82, 2.24) is 9.97 Å². The molecule has 0 spiro atoms. The second-order valence-electron chi connectivity index (χ2n) is 4.86. The lowest BCUT2D eigenvalue weighted by Crippen LogP contribution is -2.23. The van der Waals surface area contributed by atoms with Crippen molar-refractivity contribution in [1.29, 1.82) is 0 Å². The highest BCUT2D eigenvalue weighted by Crippen LogP contribution is 2.13. The number of hydrogen-bond donors (Lipinski definition) is 1. The third kappa shape index (κ3) is 4.76. The lowest BCUT2D eigenvalue weighted by molar-refractivity contribution is -0.0409. The number of anilines is 1. The topological polar surface area (TPSA) is 56.3 Å². The van der Waals surface area contributed by atoms with E-state index in [1.807, 2.05) is 13.0 Å². The zero-order valence-electron chi connectivity index (χ0n) is 11.8. The molecule has 0 aromatic carbocycles. The third-order valence-corrected chi connectivity index (χ3v) is 3.07. The zero-order valence-corrected chi connectivity index (χ0v) is 11.8. The van der Waals surface area contributed by atoms with Crippen LogP contribution in [-0.2, 0) is 16.1 Å². The molecule has 106 valence electrons. The number of rotatable bonds is 6. The predicted molar refractivity (Wildman–Crippen MR) is 74.2 cm³/mol. The van der Waals surface area contributed by atoms with Gasteiger partial charge in [-0.05, 0) is 26.2 Å². The molecule has 0 aliphatic carbocycles. The van der Waals surface area contributed by atoms with Gasteiger partial charge < -0.3 is 14.8 Å². The summed E-state index contributed by atoms with van der Waals surface area (Å²) < 4.78 is 11.2. The van der Waals surface area contributed by atoms with Crippen molar-refractivity contribution in [2.24, 2.45) is 0 Å². The number of hydrogen-bond acceptors (Lipinski definition) is 5. The minimum atomic E-state index is 0.282. The average Bonchev–Trinajstić information content (AvgIpc) is 2.43. The first kappa shape index (κ1) is 14.2. The van der Waals surface area contributed by atoms with E-state index in [0.717, 1.165) is 56.4 Å². The molecule has 1 N–H and O–H groups in total. The van der Waals surface area contributed by atoms with Crippen LogP contribution in [0, 0.1) is 6.92 Å². The first-order valence-electron chi connectivity index (χ1n) is 7.05. The first-order chi connectivity index (χ1) is 9.28. The standard InChI is InChI=1S/C14H23N3O2/c1-3-6-15-13-9-11(2)16-14(17-13)10-19-12-4-7-18-8-5-12/h9,12H,3-8,10H2,1-2H3,(H,15,16,17). The smallest absolute Gasteiger partial charge is 0.156 e. The maximum absolute atomic E-state index is 5.85.